The number of halogens is 2. The number of aryl methyl sites for hydroxylation is 1. The molecule has 0 unspecified atom stereocenters. The molecule has 166 valence electrons. The first-order chi connectivity index (χ1) is 16.5. The van der Waals surface area contributed by atoms with Crippen molar-refractivity contribution in [1.29, 1.82) is 0 Å². The fraction of sp³-hybridized carbons (Fsp3) is 0.360. The predicted octanol–water partition coefficient (Wildman–Crippen LogP) is 5.00. The molecule has 7 heteroatoms. The first kappa shape index (κ1) is 18.1. The van der Waals surface area contributed by atoms with Crippen LogP contribution in [0.4, 0.5) is 5.82 Å². The molecule has 5 rings (SSSR count). The van der Waals surface area contributed by atoms with E-state index in [4.69, 9.17) is 33.0 Å². The zero-order valence-corrected chi connectivity index (χ0v) is 19.2. The molecular formula is C25H26Cl2N4O. The molecule has 1 saturated heterocycles. The summed E-state index contributed by atoms with van der Waals surface area (Å²) in [5.41, 5.74) is 8.43. The van der Waals surface area contributed by atoms with Crippen LogP contribution < -0.4 is 16.2 Å². The van der Waals surface area contributed by atoms with Gasteiger partial charge in [0, 0.05) is 23.2 Å². The van der Waals surface area contributed by atoms with Gasteiger partial charge in [-0.1, -0.05) is 53.5 Å². The average molecular weight is 472 g/mol. The number of rotatable bonds is 2. The van der Waals surface area contributed by atoms with E-state index >= 15 is 0 Å². The molecule has 0 bridgehead atoms. The Kier molecular flexibility index (Phi) is 4.48. The minimum Gasteiger partial charge on any atom is -0.356 e. The van der Waals surface area contributed by atoms with Gasteiger partial charge in [0.25, 0.3) is 5.56 Å². The molecule has 0 saturated carbocycles. The van der Waals surface area contributed by atoms with E-state index in [9.17, 15) is 4.79 Å². The number of aromatic nitrogens is 2. The zero-order chi connectivity index (χ0) is 25.1. The molecule has 32 heavy (non-hydrogen) atoms. The maximum absolute atomic E-state index is 13.6. The van der Waals surface area contributed by atoms with E-state index in [0.29, 0.717) is 24.6 Å². The first-order valence-electron chi connectivity index (χ1n) is 12.2. The second kappa shape index (κ2) is 7.91. The largest absolute Gasteiger partial charge is 0.356 e. The summed E-state index contributed by atoms with van der Waals surface area (Å²) in [5, 5.41) is 0.435. The van der Waals surface area contributed by atoms with Crippen LogP contribution in [0, 0.1) is 19.2 Å². The summed E-state index contributed by atoms with van der Waals surface area (Å²) < 4.78 is 25.7. The lowest BCUT2D eigenvalue weighted by Gasteiger charge is -2.43. The standard InChI is InChI=1S/C25H26Cl2N4O/c1-15-23(29-16(2)31(24(15)32)20-9-5-8-19(26)21(20)27)30-12-10-25(11-13-30)14-17-6-3-4-7-18(17)22(25)28/h3-9,22H,10-14,28H2,1-2H3/t22-/m1/s1/i1D3. The van der Waals surface area contributed by atoms with Crippen molar-refractivity contribution < 1.29 is 4.11 Å². The van der Waals surface area contributed by atoms with Gasteiger partial charge >= 0.3 is 0 Å². The molecule has 1 atom stereocenters. The van der Waals surface area contributed by atoms with Crippen molar-refractivity contribution >= 4 is 29.0 Å². The van der Waals surface area contributed by atoms with Gasteiger partial charge in [-0.3, -0.25) is 9.36 Å². The quantitative estimate of drug-likeness (QED) is 0.570. The number of fused-ring (bicyclic) bond motifs is 1. The zero-order valence-electron chi connectivity index (χ0n) is 20.7. The van der Waals surface area contributed by atoms with Crippen LogP contribution in [0.5, 0.6) is 0 Å². The van der Waals surface area contributed by atoms with E-state index in [-0.39, 0.29) is 32.9 Å². The highest BCUT2D eigenvalue weighted by atomic mass is 35.5. The van der Waals surface area contributed by atoms with Crippen LogP contribution >= 0.6 is 23.2 Å². The minimum atomic E-state index is -2.66. The fourth-order valence-corrected chi connectivity index (χ4v) is 5.64. The van der Waals surface area contributed by atoms with Gasteiger partial charge in [0.2, 0.25) is 0 Å². The van der Waals surface area contributed by atoms with Crippen LogP contribution in [0.3, 0.4) is 0 Å². The average Bonchev–Trinajstić information content (AvgIpc) is 3.07. The number of benzene rings is 2. The summed E-state index contributed by atoms with van der Waals surface area (Å²) in [5.74, 6) is 0.549. The number of piperidine rings is 1. The normalized spacial score (nSPS) is 21.2. The smallest absolute Gasteiger partial charge is 0.263 e. The molecule has 2 aromatic carbocycles. The van der Waals surface area contributed by atoms with E-state index in [1.807, 2.05) is 17.0 Å². The molecule has 2 heterocycles. The van der Waals surface area contributed by atoms with Crippen molar-refractivity contribution in [2.24, 2.45) is 11.1 Å². The van der Waals surface area contributed by atoms with Crippen LogP contribution in [-0.4, -0.2) is 22.6 Å². The van der Waals surface area contributed by atoms with E-state index in [1.165, 1.54) is 15.7 Å². The van der Waals surface area contributed by atoms with Crippen LogP contribution in [0.25, 0.3) is 5.69 Å². The summed E-state index contributed by atoms with van der Waals surface area (Å²) in [6, 6.07) is 13.1. The highest BCUT2D eigenvalue weighted by molar-refractivity contribution is 6.43. The minimum absolute atomic E-state index is 0.0596. The SMILES string of the molecule is [2H]C([2H])([2H])c1c(N2CCC3(CC2)Cc2ccccc2[C@H]3N)nc(C)n(-c2cccc(Cl)c2Cl)c1=O. The number of nitrogens with zero attached hydrogens (tertiary/aromatic N) is 3. The Morgan fingerprint density at radius 2 is 1.91 bits per heavy atom. The summed E-state index contributed by atoms with van der Waals surface area (Å²) in [4.78, 5) is 20.2. The number of anilines is 1. The molecule has 3 aromatic rings. The topological polar surface area (TPSA) is 64.2 Å². The van der Waals surface area contributed by atoms with Crippen molar-refractivity contribution in [2.75, 3.05) is 18.0 Å². The lowest BCUT2D eigenvalue weighted by molar-refractivity contribution is 0.187. The second-order valence-electron chi connectivity index (χ2n) is 8.77. The van der Waals surface area contributed by atoms with Gasteiger partial charge in [-0.2, -0.15) is 0 Å². The third kappa shape index (κ3) is 3.26. The van der Waals surface area contributed by atoms with E-state index in [1.54, 1.807) is 25.1 Å². The molecule has 0 radical (unpaired) electrons. The maximum atomic E-state index is 13.6. The summed E-state index contributed by atoms with van der Waals surface area (Å²) in [7, 11) is 0. The molecule has 1 aliphatic carbocycles. The van der Waals surface area contributed by atoms with Crippen molar-refractivity contribution in [3.63, 3.8) is 0 Å². The Morgan fingerprint density at radius 3 is 2.62 bits per heavy atom. The third-order valence-electron chi connectivity index (χ3n) is 7.06. The van der Waals surface area contributed by atoms with Gasteiger partial charge < -0.3 is 10.6 Å². The van der Waals surface area contributed by atoms with Gasteiger partial charge in [0.05, 0.1) is 21.3 Å². The molecule has 5 nitrogen and oxygen atoms in total. The molecule has 0 amide bonds. The Morgan fingerprint density at radius 1 is 1.16 bits per heavy atom. The van der Waals surface area contributed by atoms with E-state index in [0.717, 1.165) is 19.3 Å². The van der Waals surface area contributed by atoms with Crippen LogP contribution in [0.1, 0.15) is 45.5 Å². The lowest BCUT2D eigenvalue weighted by Crippen LogP contribution is -2.45. The van der Waals surface area contributed by atoms with Gasteiger partial charge in [0.15, 0.2) is 0 Å². The molecule has 2 N–H and O–H groups in total. The predicted molar refractivity (Wildman–Crippen MR) is 130 cm³/mol. The Hall–Kier alpha value is -2.34. The van der Waals surface area contributed by atoms with E-state index in [2.05, 4.69) is 17.1 Å². The lowest BCUT2D eigenvalue weighted by atomic mass is 9.73. The Balaban J connectivity index is 1.53. The highest BCUT2D eigenvalue weighted by Gasteiger charge is 2.46. The monoisotopic (exact) mass is 471 g/mol. The van der Waals surface area contributed by atoms with E-state index < -0.39 is 12.4 Å². The third-order valence-corrected chi connectivity index (χ3v) is 7.86. The number of nitrogens with two attached hydrogens (primary N) is 1. The van der Waals surface area contributed by atoms with Crippen molar-refractivity contribution in [2.45, 2.75) is 39.1 Å². The molecular weight excluding hydrogens is 443 g/mol. The number of hydrogen-bond donors (Lipinski definition) is 1. The highest BCUT2D eigenvalue weighted by Crippen LogP contribution is 2.51. The summed E-state index contributed by atoms with van der Waals surface area (Å²) in [6.45, 7) is 0.145. The molecule has 2 aliphatic rings. The van der Waals surface area contributed by atoms with Crippen molar-refractivity contribution in [1.82, 2.24) is 9.55 Å². The van der Waals surface area contributed by atoms with Crippen molar-refractivity contribution in [3.05, 3.63) is 85.4 Å². The maximum Gasteiger partial charge on any atom is 0.263 e. The van der Waals surface area contributed by atoms with Crippen LogP contribution in [0.2, 0.25) is 10.0 Å². The van der Waals surface area contributed by atoms with Gasteiger partial charge in [-0.05, 0) is 61.7 Å². The Bertz CT molecular complexity index is 1360. The molecule has 1 spiro atoms. The molecule has 1 aromatic heterocycles. The van der Waals surface area contributed by atoms with Gasteiger partial charge in [-0.25, -0.2) is 4.98 Å². The van der Waals surface area contributed by atoms with Crippen molar-refractivity contribution in [3.8, 4) is 5.69 Å². The molecule has 1 aliphatic heterocycles. The van der Waals surface area contributed by atoms with Gasteiger partial charge in [-0.15, -0.1) is 0 Å². The molecule has 1 fully saturated rings. The summed E-state index contributed by atoms with van der Waals surface area (Å²) in [6.07, 6.45) is 2.48. The van der Waals surface area contributed by atoms with Gasteiger partial charge in [0.1, 0.15) is 11.6 Å². The van der Waals surface area contributed by atoms with Crippen LogP contribution in [0.15, 0.2) is 47.3 Å². The van der Waals surface area contributed by atoms with Crippen LogP contribution in [-0.2, 0) is 6.42 Å². The first-order valence-corrected chi connectivity index (χ1v) is 11.5. The summed E-state index contributed by atoms with van der Waals surface area (Å²) >= 11 is 12.5. The second-order valence-corrected chi connectivity index (χ2v) is 9.56. The fourth-order valence-electron chi connectivity index (χ4n) is 5.26. The number of hydrogen-bond acceptors (Lipinski definition) is 4. The Labute approximate surface area is 202 Å².